The number of carbonyl (C=O) groups is 2. The molecule has 0 N–H and O–H groups in total. The van der Waals surface area contributed by atoms with Crippen molar-refractivity contribution >= 4 is 11.6 Å². The number of allylic oxidation sites excluding steroid dienone is 6. The Morgan fingerprint density at radius 1 is 1.32 bits per heavy atom. The summed E-state index contributed by atoms with van der Waals surface area (Å²) in [6.07, 6.45) is 8.22. The second kappa shape index (κ2) is 5.83. The fraction of sp³-hybridized carbons (Fsp3) is 0.500. The average molecular weight is 298 g/mol. The first kappa shape index (κ1) is 16.7. The molecule has 118 valence electrons. The molecular formula is C20H26O2. The Bertz CT molecular complexity index is 589. The van der Waals surface area contributed by atoms with Gasteiger partial charge in [-0.1, -0.05) is 44.2 Å². The van der Waals surface area contributed by atoms with E-state index in [0.29, 0.717) is 0 Å². The molecule has 0 amide bonds. The topological polar surface area (TPSA) is 34.1 Å². The van der Waals surface area contributed by atoms with E-state index >= 15 is 0 Å². The van der Waals surface area contributed by atoms with E-state index < -0.39 is 0 Å². The molecule has 2 nitrogen and oxygen atoms in total. The highest BCUT2D eigenvalue weighted by molar-refractivity contribution is 6.03. The Balaban J connectivity index is 2.54. The van der Waals surface area contributed by atoms with E-state index in [1.54, 1.807) is 6.08 Å². The third kappa shape index (κ3) is 2.67. The summed E-state index contributed by atoms with van der Waals surface area (Å²) in [4.78, 5) is 25.5. The summed E-state index contributed by atoms with van der Waals surface area (Å²) in [6.45, 7) is 16.0. The lowest BCUT2D eigenvalue weighted by Crippen LogP contribution is -2.46. The van der Waals surface area contributed by atoms with E-state index in [4.69, 9.17) is 0 Å². The Kier molecular flexibility index (Phi) is 4.42. The molecule has 0 aromatic rings. The van der Waals surface area contributed by atoms with Gasteiger partial charge in [0.2, 0.25) is 0 Å². The van der Waals surface area contributed by atoms with Crippen molar-refractivity contribution in [2.45, 2.75) is 34.1 Å². The molecule has 22 heavy (non-hydrogen) atoms. The Morgan fingerprint density at radius 2 is 1.95 bits per heavy atom. The van der Waals surface area contributed by atoms with Crippen LogP contribution in [0.5, 0.6) is 0 Å². The lowest BCUT2D eigenvalue weighted by molar-refractivity contribution is -0.133. The summed E-state index contributed by atoms with van der Waals surface area (Å²) in [5, 5.41) is 0. The van der Waals surface area contributed by atoms with Crippen molar-refractivity contribution in [1.82, 2.24) is 0 Å². The number of hydrogen-bond donors (Lipinski definition) is 0. The van der Waals surface area contributed by atoms with Crippen LogP contribution in [-0.2, 0) is 9.59 Å². The molecule has 0 bridgehead atoms. The van der Waals surface area contributed by atoms with E-state index in [0.717, 1.165) is 17.6 Å². The van der Waals surface area contributed by atoms with Gasteiger partial charge in [-0.15, -0.1) is 6.58 Å². The molecule has 0 spiro atoms. The largest absolute Gasteiger partial charge is 0.295 e. The Morgan fingerprint density at radius 3 is 2.50 bits per heavy atom. The molecule has 2 aliphatic carbocycles. The fourth-order valence-electron chi connectivity index (χ4n) is 3.93. The predicted octanol–water partition coefficient (Wildman–Crippen LogP) is 4.30. The van der Waals surface area contributed by atoms with Crippen LogP contribution in [0.2, 0.25) is 0 Å². The molecule has 2 unspecified atom stereocenters. The van der Waals surface area contributed by atoms with Crippen LogP contribution in [0.1, 0.15) is 34.1 Å². The molecular weight excluding hydrogens is 272 g/mol. The molecule has 2 heteroatoms. The van der Waals surface area contributed by atoms with E-state index in [2.05, 4.69) is 27.0 Å². The van der Waals surface area contributed by atoms with Crippen LogP contribution < -0.4 is 0 Å². The average Bonchev–Trinajstić information content (AvgIpc) is 2.44. The number of Topliss-reactive ketones (excluding diaryl/α,β-unsaturated/α-hetero) is 1. The van der Waals surface area contributed by atoms with E-state index in [-0.39, 0.29) is 40.7 Å². The van der Waals surface area contributed by atoms with Crippen molar-refractivity contribution in [3.63, 3.8) is 0 Å². The van der Waals surface area contributed by atoms with Gasteiger partial charge in [0.25, 0.3) is 0 Å². The lowest BCUT2D eigenvalue weighted by atomic mass is 9.57. The van der Waals surface area contributed by atoms with Gasteiger partial charge in [-0.05, 0) is 49.2 Å². The first-order chi connectivity index (χ1) is 10.2. The number of carbonyl (C=O) groups excluding carboxylic acids is 2. The first-order valence-electron chi connectivity index (χ1n) is 7.92. The summed E-state index contributed by atoms with van der Waals surface area (Å²) < 4.78 is 0. The summed E-state index contributed by atoms with van der Waals surface area (Å²) in [5.74, 6) is -0.516. The zero-order valence-corrected chi connectivity index (χ0v) is 14.1. The zero-order valence-electron chi connectivity index (χ0n) is 14.1. The molecule has 0 heterocycles. The van der Waals surface area contributed by atoms with Crippen LogP contribution in [0, 0.1) is 29.1 Å². The van der Waals surface area contributed by atoms with Crippen molar-refractivity contribution < 1.29 is 9.59 Å². The maximum Gasteiger partial charge on any atom is 0.162 e. The molecule has 0 aliphatic heterocycles. The Labute approximate surface area is 133 Å². The minimum atomic E-state index is -0.338. The van der Waals surface area contributed by atoms with Crippen molar-refractivity contribution in [1.29, 1.82) is 0 Å². The maximum atomic E-state index is 12.8. The minimum Gasteiger partial charge on any atom is -0.295 e. The van der Waals surface area contributed by atoms with Crippen molar-refractivity contribution in [2.24, 2.45) is 29.1 Å². The highest BCUT2D eigenvalue weighted by atomic mass is 16.1. The van der Waals surface area contributed by atoms with Crippen molar-refractivity contribution in [3.8, 4) is 0 Å². The smallest absolute Gasteiger partial charge is 0.162 e. The van der Waals surface area contributed by atoms with E-state index in [1.807, 2.05) is 32.1 Å². The lowest BCUT2D eigenvalue weighted by Gasteiger charge is -2.44. The number of ketones is 2. The number of hydrogen-bond acceptors (Lipinski definition) is 2. The fourth-order valence-corrected chi connectivity index (χ4v) is 3.93. The first-order valence-corrected chi connectivity index (χ1v) is 7.92. The second-order valence-electron chi connectivity index (χ2n) is 7.31. The van der Waals surface area contributed by atoms with Crippen LogP contribution in [-0.4, -0.2) is 11.6 Å². The van der Waals surface area contributed by atoms with Gasteiger partial charge in [0, 0.05) is 11.8 Å². The van der Waals surface area contributed by atoms with Crippen LogP contribution in [0.15, 0.2) is 48.6 Å². The molecule has 4 atom stereocenters. The summed E-state index contributed by atoms with van der Waals surface area (Å²) >= 11 is 0. The normalized spacial score (nSPS) is 34.3. The molecule has 2 aliphatic rings. The Hall–Kier alpha value is -1.70. The van der Waals surface area contributed by atoms with E-state index in [1.165, 1.54) is 0 Å². The molecule has 2 rings (SSSR count). The summed E-state index contributed by atoms with van der Waals surface area (Å²) in [5.41, 5.74) is 1.57. The standard InChI is InChI=1S/C20H26O2/c1-7-15-18(16(21)10-11-20(15,5)6)17-14(12(2)3)9-8-13(4)19(17)22/h7-8,10-11,14-15,17-18H,1-2,9H2,3-6H3/t14?,15?,17-,18+/m0/s1. The highest BCUT2D eigenvalue weighted by Crippen LogP contribution is 2.47. The molecule has 0 saturated heterocycles. The summed E-state index contributed by atoms with van der Waals surface area (Å²) in [6, 6.07) is 0. The van der Waals surface area contributed by atoms with E-state index in [9.17, 15) is 9.59 Å². The van der Waals surface area contributed by atoms with Gasteiger partial charge in [-0.2, -0.15) is 0 Å². The van der Waals surface area contributed by atoms with Gasteiger partial charge in [-0.25, -0.2) is 0 Å². The highest BCUT2D eigenvalue weighted by Gasteiger charge is 2.48. The second-order valence-corrected chi connectivity index (χ2v) is 7.31. The maximum absolute atomic E-state index is 12.8. The third-order valence-electron chi connectivity index (χ3n) is 5.33. The van der Waals surface area contributed by atoms with Gasteiger partial charge in [0.1, 0.15) is 0 Å². The molecule has 0 aromatic carbocycles. The third-order valence-corrected chi connectivity index (χ3v) is 5.33. The monoisotopic (exact) mass is 298 g/mol. The van der Waals surface area contributed by atoms with Crippen LogP contribution in [0.4, 0.5) is 0 Å². The van der Waals surface area contributed by atoms with Gasteiger partial charge in [0.15, 0.2) is 11.6 Å². The van der Waals surface area contributed by atoms with Gasteiger partial charge < -0.3 is 0 Å². The van der Waals surface area contributed by atoms with Crippen molar-refractivity contribution in [2.75, 3.05) is 0 Å². The SMILES string of the molecule is C=CC1[C@@H]([C@H]2C(=O)C(C)=CCC2C(=C)C)C(=O)C=CC1(C)C. The quantitative estimate of drug-likeness (QED) is 0.728. The molecule has 0 radical (unpaired) electrons. The van der Waals surface area contributed by atoms with Gasteiger partial charge >= 0.3 is 0 Å². The van der Waals surface area contributed by atoms with Gasteiger partial charge in [-0.3, -0.25) is 9.59 Å². The van der Waals surface area contributed by atoms with Crippen LogP contribution in [0.25, 0.3) is 0 Å². The predicted molar refractivity (Wildman–Crippen MR) is 90.3 cm³/mol. The van der Waals surface area contributed by atoms with Crippen LogP contribution >= 0.6 is 0 Å². The zero-order chi connectivity index (χ0) is 16.7. The molecule has 0 fully saturated rings. The van der Waals surface area contributed by atoms with Gasteiger partial charge in [0.05, 0.1) is 0 Å². The van der Waals surface area contributed by atoms with Crippen LogP contribution in [0.3, 0.4) is 0 Å². The molecule has 0 saturated carbocycles. The minimum absolute atomic E-state index is 0.0355. The molecule has 0 aromatic heterocycles. The van der Waals surface area contributed by atoms with Crippen molar-refractivity contribution in [3.05, 3.63) is 48.6 Å². The summed E-state index contributed by atoms with van der Waals surface area (Å²) in [7, 11) is 0. The number of rotatable bonds is 3.